The number of anilines is 1. The summed E-state index contributed by atoms with van der Waals surface area (Å²) >= 11 is 0. The van der Waals surface area contributed by atoms with Gasteiger partial charge in [-0.2, -0.15) is 0 Å². The third-order valence-electron chi connectivity index (χ3n) is 4.40. The summed E-state index contributed by atoms with van der Waals surface area (Å²) in [7, 11) is -3.78. The average Bonchev–Trinajstić information content (AvgIpc) is 3.44. The Morgan fingerprint density at radius 1 is 1.19 bits per heavy atom. The second-order valence-corrected chi connectivity index (χ2v) is 8.40. The highest BCUT2D eigenvalue weighted by Gasteiger charge is 2.28. The van der Waals surface area contributed by atoms with Crippen LogP contribution in [0.25, 0.3) is 0 Å². The maximum atomic E-state index is 12.6. The van der Waals surface area contributed by atoms with Crippen molar-refractivity contribution in [2.75, 3.05) is 11.3 Å². The predicted octanol–water partition coefficient (Wildman–Crippen LogP) is 2.26. The van der Waals surface area contributed by atoms with E-state index in [1.54, 1.807) is 30.3 Å². The van der Waals surface area contributed by atoms with Crippen molar-refractivity contribution in [2.24, 2.45) is 11.7 Å². The van der Waals surface area contributed by atoms with Gasteiger partial charge in [0.05, 0.1) is 4.90 Å². The molecular formula is C19H23N3O3S. The van der Waals surface area contributed by atoms with E-state index in [0.29, 0.717) is 23.7 Å². The minimum atomic E-state index is -3.78. The number of sulfonamides is 1. The summed E-state index contributed by atoms with van der Waals surface area (Å²) in [6, 6.07) is 13.0. The Hall–Kier alpha value is -2.38. The molecule has 2 aromatic rings. The third kappa shape index (κ3) is 4.62. The van der Waals surface area contributed by atoms with Crippen LogP contribution < -0.4 is 15.8 Å². The van der Waals surface area contributed by atoms with Crippen LogP contribution in [0.1, 0.15) is 28.8 Å². The topological polar surface area (TPSA) is 101 Å². The normalized spacial score (nSPS) is 15.3. The Labute approximate surface area is 153 Å². The van der Waals surface area contributed by atoms with E-state index >= 15 is 0 Å². The third-order valence-corrected chi connectivity index (χ3v) is 5.78. The highest BCUT2D eigenvalue weighted by Crippen LogP contribution is 2.31. The highest BCUT2D eigenvalue weighted by molar-refractivity contribution is 7.92. The van der Waals surface area contributed by atoms with Crippen LogP contribution >= 0.6 is 0 Å². The van der Waals surface area contributed by atoms with Gasteiger partial charge in [-0.25, -0.2) is 8.42 Å². The summed E-state index contributed by atoms with van der Waals surface area (Å²) < 4.78 is 27.7. The summed E-state index contributed by atoms with van der Waals surface area (Å²) in [6.45, 7) is 2.27. The molecule has 138 valence electrons. The fourth-order valence-corrected chi connectivity index (χ4v) is 3.83. The average molecular weight is 373 g/mol. The standard InChI is InChI=1S/C19H23N3O3S/c1-13-4-2-6-16(10-13)22-26(24,25)17-7-3-5-15(11-17)19(23)21-12-18(20)14-8-9-14/h2-7,10-11,14,18,22H,8-9,12,20H2,1H3,(H,21,23). The van der Waals surface area contributed by atoms with E-state index in [1.165, 1.54) is 12.1 Å². The highest BCUT2D eigenvalue weighted by atomic mass is 32.2. The molecule has 1 unspecified atom stereocenters. The molecule has 26 heavy (non-hydrogen) atoms. The molecule has 7 heteroatoms. The van der Waals surface area contributed by atoms with Crippen LogP contribution in [0.2, 0.25) is 0 Å². The van der Waals surface area contributed by atoms with Gasteiger partial charge in [0.1, 0.15) is 0 Å². The number of rotatable bonds is 7. The van der Waals surface area contributed by atoms with Gasteiger partial charge in [0.2, 0.25) is 0 Å². The van der Waals surface area contributed by atoms with Crippen LogP contribution in [0.5, 0.6) is 0 Å². The number of hydrogen-bond donors (Lipinski definition) is 3. The van der Waals surface area contributed by atoms with Crippen LogP contribution in [0, 0.1) is 12.8 Å². The lowest BCUT2D eigenvalue weighted by Crippen LogP contribution is -2.38. The van der Waals surface area contributed by atoms with E-state index in [2.05, 4.69) is 10.0 Å². The molecule has 0 spiro atoms. The van der Waals surface area contributed by atoms with Gasteiger partial charge >= 0.3 is 0 Å². The van der Waals surface area contributed by atoms with Crippen molar-refractivity contribution >= 4 is 21.6 Å². The van der Waals surface area contributed by atoms with Crippen LogP contribution in [0.3, 0.4) is 0 Å². The van der Waals surface area contributed by atoms with Crippen molar-refractivity contribution in [1.82, 2.24) is 5.32 Å². The molecule has 0 saturated heterocycles. The maximum Gasteiger partial charge on any atom is 0.261 e. The number of aryl methyl sites for hydroxylation is 1. The van der Waals surface area contributed by atoms with E-state index < -0.39 is 10.0 Å². The number of carbonyl (C=O) groups is 1. The lowest BCUT2D eigenvalue weighted by atomic mass is 10.2. The molecule has 1 amide bonds. The first-order chi connectivity index (χ1) is 12.3. The first-order valence-electron chi connectivity index (χ1n) is 8.58. The zero-order valence-corrected chi connectivity index (χ0v) is 15.4. The van der Waals surface area contributed by atoms with Crippen molar-refractivity contribution in [1.29, 1.82) is 0 Å². The van der Waals surface area contributed by atoms with E-state index in [1.807, 2.05) is 13.0 Å². The van der Waals surface area contributed by atoms with E-state index in [-0.39, 0.29) is 16.8 Å². The lowest BCUT2D eigenvalue weighted by molar-refractivity contribution is 0.0950. The SMILES string of the molecule is Cc1cccc(NS(=O)(=O)c2cccc(C(=O)NCC(N)C3CC3)c2)c1. The molecule has 0 radical (unpaired) electrons. The molecule has 1 aliphatic carbocycles. The zero-order valence-electron chi connectivity index (χ0n) is 14.6. The second kappa shape index (κ2) is 7.47. The Morgan fingerprint density at radius 3 is 2.62 bits per heavy atom. The van der Waals surface area contributed by atoms with Crippen molar-refractivity contribution in [3.8, 4) is 0 Å². The first kappa shape index (κ1) is 18.4. The summed E-state index contributed by atoms with van der Waals surface area (Å²) in [4.78, 5) is 12.3. The van der Waals surface area contributed by atoms with E-state index in [4.69, 9.17) is 5.73 Å². The quantitative estimate of drug-likeness (QED) is 0.693. The number of nitrogens with one attached hydrogen (secondary N) is 2. The monoisotopic (exact) mass is 373 g/mol. The maximum absolute atomic E-state index is 12.6. The molecule has 1 saturated carbocycles. The minimum Gasteiger partial charge on any atom is -0.350 e. The van der Waals surface area contributed by atoms with Crippen LogP contribution in [0.15, 0.2) is 53.4 Å². The molecule has 3 rings (SSSR count). The molecule has 6 nitrogen and oxygen atoms in total. The van der Waals surface area contributed by atoms with Gasteiger partial charge in [0.15, 0.2) is 0 Å². The van der Waals surface area contributed by atoms with Crippen molar-refractivity contribution in [2.45, 2.75) is 30.7 Å². The summed E-state index contributed by atoms with van der Waals surface area (Å²) in [5.74, 6) is 0.161. The minimum absolute atomic E-state index is 0.0400. The summed E-state index contributed by atoms with van der Waals surface area (Å²) in [5, 5.41) is 2.78. The van der Waals surface area contributed by atoms with Crippen molar-refractivity contribution in [3.05, 3.63) is 59.7 Å². The molecular weight excluding hydrogens is 350 g/mol. The molecule has 4 N–H and O–H groups in total. The van der Waals surface area contributed by atoms with Crippen LogP contribution in [-0.2, 0) is 10.0 Å². The number of amides is 1. The van der Waals surface area contributed by atoms with Crippen molar-refractivity contribution in [3.63, 3.8) is 0 Å². The van der Waals surface area contributed by atoms with Gasteiger partial charge in [-0.05, 0) is 61.6 Å². The molecule has 2 aromatic carbocycles. The number of hydrogen-bond acceptors (Lipinski definition) is 4. The molecule has 1 atom stereocenters. The van der Waals surface area contributed by atoms with E-state index in [9.17, 15) is 13.2 Å². The molecule has 1 aliphatic rings. The smallest absolute Gasteiger partial charge is 0.261 e. The van der Waals surface area contributed by atoms with Gasteiger partial charge in [0.25, 0.3) is 15.9 Å². The molecule has 0 bridgehead atoms. The van der Waals surface area contributed by atoms with Crippen LogP contribution in [-0.4, -0.2) is 26.9 Å². The zero-order chi connectivity index (χ0) is 18.7. The fourth-order valence-electron chi connectivity index (χ4n) is 2.73. The van der Waals surface area contributed by atoms with Gasteiger partial charge in [-0.15, -0.1) is 0 Å². The number of carbonyl (C=O) groups excluding carboxylic acids is 1. The molecule has 0 heterocycles. The Morgan fingerprint density at radius 2 is 1.92 bits per heavy atom. The van der Waals surface area contributed by atoms with Gasteiger partial charge < -0.3 is 11.1 Å². The predicted molar refractivity (Wildman–Crippen MR) is 101 cm³/mol. The second-order valence-electron chi connectivity index (χ2n) is 6.71. The lowest BCUT2D eigenvalue weighted by Gasteiger charge is -2.13. The molecule has 0 aromatic heterocycles. The first-order valence-corrected chi connectivity index (χ1v) is 10.1. The Balaban J connectivity index is 1.71. The largest absolute Gasteiger partial charge is 0.350 e. The fraction of sp³-hybridized carbons (Fsp3) is 0.316. The Kier molecular flexibility index (Phi) is 5.29. The number of nitrogens with two attached hydrogens (primary N) is 1. The summed E-state index contributed by atoms with van der Waals surface area (Å²) in [6.07, 6.45) is 2.21. The Bertz CT molecular complexity index is 908. The van der Waals surface area contributed by atoms with Crippen LogP contribution in [0.4, 0.5) is 5.69 Å². The van der Waals surface area contributed by atoms with E-state index in [0.717, 1.165) is 18.4 Å². The molecule has 1 fully saturated rings. The van der Waals surface area contributed by atoms with Gasteiger partial charge in [-0.1, -0.05) is 18.2 Å². The number of benzene rings is 2. The van der Waals surface area contributed by atoms with Gasteiger partial charge in [-0.3, -0.25) is 9.52 Å². The molecule has 0 aliphatic heterocycles. The summed E-state index contributed by atoms with van der Waals surface area (Å²) in [5.41, 5.74) is 7.70. The van der Waals surface area contributed by atoms with Crippen molar-refractivity contribution < 1.29 is 13.2 Å². The van der Waals surface area contributed by atoms with Gasteiger partial charge in [0, 0.05) is 23.8 Å².